The predicted octanol–water partition coefficient (Wildman–Crippen LogP) is 3.89. The first kappa shape index (κ1) is 17.3. The van der Waals surface area contributed by atoms with Crippen LogP contribution in [0.15, 0.2) is 48.5 Å². The Morgan fingerprint density at radius 1 is 1.16 bits per heavy atom. The normalized spacial score (nSPS) is 15.2. The SMILES string of the molecule is COc1ccc(O)c(C(=O)N2CCC(CCc3ccccc3)CC2)c1. The summed E-state index contributed by atoms with van der Waals surface area (Å²) in [5, 5.41) is 9.99. The Hall–Kier alpha value is -2.49. The number of carbonyl (C=O) groups excluding carboxylic acids is 1. The Morgan fingerprint density at radius 3 is 2.56 bits per heavy atom. The first-order valence-electron chi connectivity index (χ1n) is 8.87. The van der Waals surface area contributed by atoms with Gasteiger partial charge in [0.25, 0.3) is 5.91 Å². The van der Waals surface area contributed by atoms with E-state index in [9.17, 15) is 9.90 Å². The van der Waals surface area contributed by atoms with Crippen molar-refractivity contribution < 1.29 is 14.6 Å². The van der Waals surface area contributed by atoms with Crippen molar-refractivity contribution in [3.05, 3.63) is 59.7 Å². The summed E-state index contributed by atoms with van der Waals surface area (Å²) in [5.41, 5.74) is 1.70. The molecule has 1 aliphatic heterocycles. The molecule has 1 fully saturated rings. The van der Waals surface area contributed by atoms with Crippen molar-refractivity contribution in [2.24, 2.45) is 5.92 Å². The number of nitrogens with zero attached hydrogens (tertiary/aromatic N) is 1. The maximum atomic E-state index is 12.7. The minimum atomic E-state index is -0.113. The highest BCUT2D eigenvalue weighted by Gasteiger charge is 2.25. The molecule has 2 aromatic carbocycles. The molecular formula is C21H25NO3. The van der Waals surface area contributed by atoms with E-state index in [-0.39, 0.29) is 11.7 Å². The van der Waals surface area contributed by atoms with E-state index < -0.39 is 0 Å². The third-order valence-corrected chi connectivity index (χ3v) is 5.02. The molecular weight excluding hydrogens is 314 g/mol. The van der Waals surface area contributed by atoms with Crippen LogP contribution in [0, 0.1) is 5.92 Å². The smallest absolute Gasteiger partial charge is 0.257 e. The van der Waals surface area contributed by atoms with Crippen molar-refractivity contribution in [3.63, 3.8) is 0 Å². The molecule has 1 aliphatic rings. The van der Waals surface area contributed by atoms with E-state index in [1.807, 2.05) is 11.0 Å². The van der Waals surface area contributed by atoms with Crippen LogP contribution >= 0.6 is 0 Å². The van der Waals surface area contributed by atoms with Crippen molar-refractivity contribution in [1.29, 1.82) is 0 Å². The third kappa shape index (κ3) is 4.32. The fraction of sp³-hybridized carbons (Fsp3) is 0.381. The lowest BCUT2D eigenvalue weighted by Crippen LogP contribution is -2.38. The average Bonchev–Trinajstić information content (AvgIpc) is 2.67. The Bertz CT molecular complexity index is 706. The van der Waals surface area contributed by atoms with E-state index >= 15 is 0 Å². The zero-order chi connectivity index (χ0) is 17.6. The Labute approximate surface area is 149 Å². The number of phenols is 1. The number of carbonyl (C=O) groups is 1. The van der Waals surface area contributed by atoms with Crippen molar-refractivity contribution in [1.82, 2.24) is 4.90 Å². The first-order valence-corrected chi connectivity index (χ1v) is 8.87. The van der Waals surface area contributed by atoms with Gasteiger partial charge in [-0.05, 0) is 55.4 Å². The van der Waals surface area contributed by atoms with Gasteiger partial charge in [-0.25, -0.2) is 0 Å². The second kappa shape index (κ2) is 8.06. The van der Waals surface area contributed by atoms with Gasteiger partial charge in [-0.15, -0.1) is 0 Å². The van der Waals surface area contributed by atoms with Gasteiger partial charge in [0.2, 0.25) is 0 Å². The Kier molecular flexibility index (Phi) is 5.59. The van der Waals surface area contributed by atoms with Gasteiger partial charge in [0.05, 0.1) is 12.7 Å². The van der Waals surface area contributed by atoms with Crippen molar-refractivity contribution in [2.75, 3.05) is 20.2 Å². The molecule has 132 valence electrons. The summed E-state index contributed by atoms with van der Waals surface area (Å²) in [4.78, 5) is 14.5. The number of hydrogen-bond acceptors (Lipinski definition) is 3. The minimum absolute atomic E-state index is 0.0111. The van der Waals surface area contributed by atoms with E-state index in [0.717, 1.165) is 38.8 Å². The molecule has 4 nitrogen and oxygen atoms in total. The molecule has 2 aromatic rings. The summed E-state index contributed by atoms with van der Waals surface area (Å²) >= 11 is 0. The van der Waals surface area contributed by atoms with Gasteiger partial charge >= 0.3 is 0 Å². The molecule has 4 heteroatoms. The number of likely N-dealkylation sites (tertiary alicyclic amines) is 1. The molecule has 1 amide bonds. The average molecular weight is 339 g/mol. The van der Waals surface area contributed by atoms with E-state index in [4.69, 9.17) is 4.74 Å². The maximum absolute atomic E-state index is 12.7. The number of rotatable bonds is 5. The molecule has 1 N–H and O–H groups in total. The first-order chi connectivity index (χ1) is 12.2. The molecule has 0 unspecified atom stereocenters. The van der Waals surface area contributed by atoms with Gasteiger partial charge in [0.15, 0.2) is 0 Å². The Morgan fingerprint density at radius 2 is 1.88 bits per heavy atom. The van der Waals surface area contributed by atoms with E-state index in [1.165, 1.54) is 11.6 Å². The fourth-order valence-corrected chi connectivity index (χ4v) is 3.42. The lowest BCUT2D eigenvalue weighted by molar-refractivity contribution is 0.0683. The summed E-state index contributed by atoms with van der Waals surface area (Å²) in [5.74, 6) is 1.14. The highest BCUT2D eigenvalue weighted by atomic mass is 16.5. The van der Waals surface area contributed by atoms with Crippen LogP contribution in [0.1, 0.15) is 35.2 Å². The van der Waals surface area contributed by atoms with Gasteiger partial charge in [-0.2, -0.15) is 0 Å². The summed E-state index contributed by atoms with van der Waals surface area (Å²) in [6, 6.07) is 15.3. The lowest BCUT2D eigenvalue weighted by atomic mass is 9.90. The molecule has 1 saturated heterocycles. The summed E-state index contributed by atoms with van der Waals surface area (Å²) in [7, 11) is 1.55. The van der Waals surface area contributed by atoms with Gasteiger partial charge in [0.1, 0.15) is 11.5 Å². The predicted molar refractivity (Wildman–Crippen MR) is 98.0 cm³/mol. The van der Waals surface area contributed by atoms with Gasteiger partial charge in [-0.3, -0.25) is 4.79 Å². The number of methoxy groups -OCH3 is 1. The number of aromatic hydroxyl groups is 1. The standard InChI is InChI=1S/C21H25NO3/c1-25-18-9-10-20(23)19(15-18)21(24)22-13-11-17(12-14-22)8-7-16-5-3-2-4-6-16/h2-6,9-10,15,17,23H,7-8,11-14H2,1H3. The van der Waals surface area contributed by atoms with Gasteiger partial charge in [0, 0.05) is 13.1 Å². The molecule has 0 bridgehead atoms. The Balaban J connectivity index is 1.54. The maximum Gasteiger partial charge on any atom is 0.257 e. The highest BCUT2D eigenvalue weighted by molar-refractivity contribution is 5.97. The van der Waals surface area contributed by atoms with E-state index in [1.54, 1.807) is 19.2 Å². The minimum Gasteiger partial charge on any atom is -0.507 e. The molecule has 0 spiro atoms. The van der Waals surface area contributed by atoms with Crippen LogP contribution in [0.2, 0.25) is 0 Å². The van der Waals surface area contributed by atoms with E-state index in [2.05, 4.69) is 24.3 Å². The zero-order valence-electron chi connectivity index (χ0n) is 14.6. The number of phenolic OH excluding ortho intramolecular Hbond substituents is 1. The third-order valence-electron chi connectivity index (χ3n) is 5.02. The number of ether oxygens (including phenoxy) is 1. The summed E-state index contributed by atoms with van der Waals surface area (Å²) in [6.45, 7) is 1.49. The highest BCUT2D eigenvalue weighted by Crippen LogP contribution is 2.27. The second-order valence-corrected chi connectivity index (χ2v) is 6.64. The quantitative estimate of drug-likeness (QED) is 0.899. The lowest BCUT2D eigenvalue weighted by Gasteiger charge is -2.32. The van der Waals surface area contributed by atoms with E-state index in [0.29, 0.717) is 17.2 Å². The van der Waals surface area contributed by atoms with Crippen LogP contribution in [0.4, 0.5) is 0 Å². The number of piperidine rings is 1. The molecule has 3 rings (SSSR count). The molecule has 1 heterocycles. The van der Waals surface area contributed by atoms with Crippen LogP contribution in [-0.4, -0.2) is 36.1 Å². The van der Waals surface area contributed by atoms with Gasteiger partial charge in [-0.1, -0.05) is 30.3 Å². The molecule has 0 radical (unpaired) electrons. The molecule has 25 heavy (non-hydrogen) atoms. The largest absolute Gasteiger partial charge is 0.507 e. The van der Waals surface area contributed by atoms with Crippen molar-refractivity contribution >= 4 is 5.91 Å². The van der Waals surface area contributed by atoms with Crippen LogP contribution in [0.5, 0.6) is 11.5 Å². The van der Waals surface area contributed by atoms with Crippen molar-refractivity contribution in [3.8, 4) is 11.5 Å². The van der Waals surface area contributed by atoms with Gasteiger partial charge < -0.3 is 14.7 Å². The van der Waals surface area contributed by atoms with Crippen molar-refractivity contribution in [2.45, 2.75) is 25.7 Å². The summed E-state index contributed by atoms with van der Waals surface area (Å²) in [6.07, 6.45) is 4.29. The van der Waals surface area contributed by atoms with Crippen LogP contribution < -0.4 is 4.74 Å². The fourth-order valence-electron chi connectivity index (χ4n) is 3.42. The molecule has 0 atom stereocenters. The molecule has 0 saturated carbocycles. The second-order valence-electron chi connectivity index (χ2n) is 6.64. The zero-order valence-corrected chi connectivity index (χ0v) is 14.6. The van der Waals surface area contributed by atoms with Crippen LogP contribution in [0.3, 0.4) is 0 Å². The topological polar surface area (TPSA) is 49.8 Å². The molecule has 0 aromatic heterocycles. The number of aryl methyl sites for hydroxylation is 1. The summed E-state index contributed by atoms with van der Waals surface area (Å²) < 4.78 is 5.16. The number of hydrogen-bond donors (Lipinski definition) is 1. The van der Waals surface area contributed by atoms with Crippen LogP contribution in [-0.2, 0) is 6.42 Å². The molecule has 0 aliphatic carbocycles. The monoisotopic (exact) mass is 339 g/mol. The number of benzene rings is 2. The number of amides is 1. The van der Waals surface area contributed by atoms with Crippen LogP contribution in [0.25, 0.3) is 0 Å².